The van der Waals surface area contributed by atoms with E-state index < -0.39 is 0 Å². The maximum absolute atomic E-state index is 5.70. The van der Waals surface area contributed by atoms with Crippen LogP contribution in [0.15, 0.2) is 22.9 Å². The number of hydrogen-bond acceptors (Lipinski definition) is 5. The van der Waals surface area contributed by atoms with E-state index in [2.05, 4.69) is 15.1 Å². The second-order valence-electron chi connectivity index (χ2n) is 4.55. The minimum Gasteiger partial charge on any atom is -0.339 e. The van der Waals surface area contributed by atoms with Gasteiger partial charge in [0, 0.05) is 18.7 Å². The van der Waals surface area contributed by atoms with Crippen molar-refractivity contribution in [2.75, 3.05) is 0 Å². The molecule has 2 rings (SSSR count). The highest BCUT2D eigenvalue weighted by molar-refractivity contribution is 5.52. The third-order valence-corrected chi connectivity index (χ3v) is 2.74. The Balaban J connectivity index is 2.04. The number of pyridine rings is 1. The van der Waals surface area contributed by atoms with Gasteiger partial charge in [0.15, 0.2) is 0 Å². The zero-order valence-corrected chi connectivity index (χ0v) is 10.8. The first-order chi connectivity index (χ1) is 8.66. The van der Waals surface area contributed by atoms with E-state index in [1.54, 1.807) is 6.20 Å². The Hall–Kier alpha value is -1.75. The molecule has 96 valence electrons. The van der Waals surface area contributed by atoms with Gasteiger partial charge >= 0.3 is 0 Å². The van der Waals surface area contributed by atoms with E-state index >= 15 is 0 Å². The van der Waals surface area contributed by atoms with E-state index in [1.807, 2.05) is 26.0 Å². The quantitative estimate of drug-likeness (QED) is 0.874. The van der Waals surface area contributed by atoms with Gasteiger partial charge in [0.1, 0.15) is 5.69 Å². The van der Waals surface area contributed by atoms with Crippen molar-refractivity contribution in [3.8, 4) is 11.5 Å². The highest BCUT2D eigenvalue weighted by Crippen LogP contribution is 2.17. The SMILES string of the molecule is Cc1cccnc1-c1noc(CCCC(C)N)n1. The highest BCUT2D eigenvalue weighted by Gasteiger charge is 2.11. The number of hydrogen-bond donors (Lipinski definition) is 1. The van der Waals surface area contributed by atoms with Gasteiger partial charge in [-0.05, 0) is 38.3 Å². The van der Waals surface area contributed by atoms with Crippen molar-refractivity contribution >= 4 is 0 Å². The number of rotatable bonds is 5. The summed E-state index contributed by atoms with van der Waals surface area (Å²) in [7, 11) is 0. The molecule has 0 aliphatic heterocycles. The van der Waals surface area contributed by atoms with E-state index in [9.17, 15) is 0 Å². The van der Waals surface area contributed by atoms with Crippen LogP contribution in [0, 0.1) is 6.92 Å². The summed E-state index contributed by atoms with van der Waals surface area (Å²) >= 11 is 0. The Morgan fingerprint density at radius 2 is 2.28 bits per heavy atom. The van der Waals surface area contributed by atoms with Crippen molar-refractivity contribution < 1.29 is 4.52 Å². The summed E-state index contributed by atoms with van der Waals surface area (Å²) in [4.78, 5) is 8.62. The molecule has 0 amide bonds. The zero-order chi connectivity index (χ0) is 13.0. The molecule has 0 saturated heterocycles. The lowest BCUT2D eigenvalue weighted by Gasteiger charge is -2.00. The summed E-state index contributed by atoms with van der Waals surface area (Å²) < 4.78 is 5.21. The Morgan fingerprint density at radius 3 is 3.00 bits per heavy atom. The van der Waals surface area contributed by atoms with Crippen LogP contribution in [0.3, 0.4) is 0 Å². The van der Waals surface area contributed by atoms with E-state index in [4.69, 9.17) is 10.3 Å². The topological polar surface area (TPSA) is 77.8 Å². The normalized spacial score (nSPS) is 12.6. The molecule has 0 bridgehead atoms. The Kier molecular flexibility index (Phi) is 4.04. The van der Waals surface area contributed by atoms with E-state index in [-0.39, 0.29) is 6.04 Å². The molecule has 1 unspecified atom stereocenters. The fourth-order valence-electron chi connectivity index (χ4n) is 1.75. The van der Waals surface area contributed by atoms with Crippen molar-refractivity contribution in [3.63, 3.8) is 0 Å². The Labute approximate surface area is 106 Å². The van der Waals surface area contributed by atoms with Gasteiger partial charge in [-0.15, -0.1) is 0 Å². The summed E-state index contributed by atoms with van der Waals surface area (Å²) in [6.45, 7) is 3.98. The van der Waals surface area contributed by atoms with Gasteiger partial charge in [0.2, 0.25) is 11.7 Å². The number of aromatic nitrogens is 3. The van der Waals surface area contributed by atoms with Crippen molar-refractivity contribution in [2.24, 2.45) is 5.73 Å². The lowest BCUT2D eigenvalue weighted by molar-refractivity contribution is 0.373. The van der Waals surface area contributed by atoms with Crippen LogP contribution in [0.5, 0.6) is 0 Å². The lowest BCUT2D eigenvalue weighted by Crippen LogP contribution is -2.14. The third kappa shape index (κ3) is 3.13. The number of nitrogens with zero attached hydrogens (tertiary/aromatic N) is 3. The molecule has 2 aromatic heterocycles. The summed E-state index contributed by atoms with van der Waals surface area (Å²) in [6.07, 6.45) is 4.41. The van der Waals surface area contributed by atoms with Gasteiger partial charge in [-0.2, -0.15) is 4.98 Å². The molecule has 5 nitrogen and oxygen atoms in total. The zero-order valence-electron chi connectivity index (χ0n) is 10.8. The minimum absolute atomic E-state index is 0.213. The van der Waals surface area contributed by atoms with E-state index in [0.29, 0.717) is 11.7 Å². The molecule has 5 heteroatoms. The molecule has 1 atom stereocenters. The molecule has 0 spiro atoms. The molecule has 0 aromatic carbocycles. The molecule has 0 aliphatic carbocycles. The van der Waals surface area contributed by atoms with Gasteiger partial charge in [0.05, 0.1) is 0 Å². The molecular weight excluding hydrogens is 228 g/mol. The number of aryl methyl sites for hydroxylation is 2. The summed E-state index contributed by atoms with van der Waals surface area (Å²) in [5, 5.41) is 3.97. The third-order valence-electron chi connectivity index (χ3n) is 2.74. The molecule has 2 N–H and O–H groups in total. The van der Waals surface area contributed by atoms with Crippen LogP contribution in [0.1, 0.15) is 31.2 Å². The predicted molar refractivity (Wildman–Crippen MR) is 68.9 cm³/mol. The molecular formula is C13H18N4O. The van der Waals surface area contributed by atoms with Crippen LogP contribution in [-0.2, 0) is 6.42 Å². The molecule has 0 saturated carbocycles. The average molecular weight is 246 g/mol. The molecule has 0 fully saturated rings. The first kappa shape index (κ1) is 12.7. The summed E-state index contributed by atoms with van der Waals surface area (Å²) in [6, 6.07) is 4.09. The van der Waals surface area contributed by atoms with Crippen molar-refractivity contribution in [1.82, 2.24) is 15.1 Å². The largest absolute Gasteiger partial charge is 0.339 e. The monoisotopic (exact) mass is 246 g/mol. The predicted octanol–water partition coefficient (Wildman–Crippen LogP) is 2.11. The molecule has 0 radical (unpaired) electrons. The average Bonchev–Trinajstić information content (AvgIpc) is 2.78. The maximum atomic E-state index is 5.70. The smallest absolute Gasteiger partial charge is 0.227 e. The standard InChI is InChI=1S/C13H18N4O/c1-9-5-4-8-15-12(9)13-16-11(18-17-13)7-3-6-10(2)14/h4-5,8,10H,3,6-7,14H2,1-2H3. The fraction of sp³-hybridized carbons (Fsp3) is 0.462. The molecule has 2 heterocycles. The van der Waals surface area contributed by atoms with Crippen molar-refractivity contribution in [1.29, 1.82) is 0 Å². The maximum Gasteiger partial charge on any atom is 0.227 e. The molecule has 0 aliphatic rings. The van der Waals surface area contributed by atoms with Crippen LogP contribution >= 0.6 is 0 Å². The molecule has 2 aromatic rings. The first-order valence-corrected chi connectivity index (χ1v) is 6.17. The summed E-state index contributed by atoms with van der Waals surface area (Å²) in [5.41, 5.74) is 7.52. The van der Waals surface area contributed by atoms with Crippen LogP contribution in [0.2, 0.25) is 0 Å². The second kappa shape index (κ2) is 5.73. The van der Waals surface area contributed by atoms with Gasteiger partial charge in [-0.1, -0.05) is 11.2 Å². The van der Waals surface area contributed by atoms with E-state index in [0.717, 1.165) is 30.5 Å². The van der Waals surface area contributed by atoms with Crippen LogP contribution < -0.4 is 5.73 Å². The lowest BCUT2D eigenvalue weighted by atomic mass is 10.1. The van der Waals surface area contributed by atoms with Crippen LogP contribution in [0.25, 0.3) is 11.5 Å². The Morgan fingerprint density at radius 1 is 1.44 bits per heavy atom. The fourth-order valence-corrected chi connectivity index (χ4v) is 1.75. The number of nitrogens with two attached hydrogens (primary N) is 1. The van der Waals surface area contributed by atoms with Gasteiger partial charge in [-0.3, -0.25) is 4.98 Å². The Bertz CT molecular complexity index is 507. The van der Waals surface area contributed by atoms with Gasteiger partial charge < -0.3 is 10.3 Å². The highest BCUT2D eigenvalue weighted by atomic mass is 16.5. The van der Waals surface area contributed by atoms with Gasteiger partial charge in [0.25, 0.3) is 0 Å². The van der Waals surface area contributed by atoms with Gasteiger partial charge in [-0.25, -0.2) is 0 Å². The van der Waals surface area contributed by atoms with Crippen molar-refractivity contribution in [3.05, 3.63) is 29.8 Å². The van der Waals surface area contributed by atoms with Crippen LogP contribution in [0.4, 0.5) is 0 Å². The summed E-state index contributed by atoms with van der Waals surface area (Å²) in [5.74, 6) is 1.21. The van der Waals surface area contributed by atoms with Crippen LogP contribution in [-0.4, -0.2) is 21.2 Å². The molecule has 18 heavy (non-hydrogen) atoms. The first-order valence-electron chi connectivity index (χ1n) is 6.17. The van der Waals surface area contributed by atoms with Crippen molar-refractivity contribution in [2.45, 2.75) is 39.2 Å². The minimum atomic E-state index is 0.213. The second-order valence-corrected chi connectivity index (χ2v) is 4.55. The van der Waals surface area contributed by atoms with E-state index in [1.165, 1.54) is 0 Å².